The molecule has 8 nitrogen and oxygen atoms in total. The molecule has 0 saturated heterocycles. The van der Waals surface area contributed by atoms with Gasteiger partial charge in [-0.25, -0.2) is 0 Å². The molecule has 0 aliphatic rings. The molecule has 8 heteroatoms. The number of ether oxygens (including phenoxy) is 1. The van der Waals surface area contributed by atoms with Crippen LogP contribution < -0.4 is 15.8 Å². The molecule has 0 aliphatic carbocycles. The summed E-state index contributed by atoms with van der Waals surface area (Å²) in [5.74, 6) is -0.0810. The third kappa shape index (κ3) is 5.12. The number of hydrogen-bond acceptors (Lipinski definition) is 6. The van der Waals surface area contributed by atoms with Crippen molar-refractivity contribution in [2.75, 3.05) is 19.8 Å². The summed E-state index contributed by atoms with van der Waals surface area (Å²) in [5.41, 5.74) is 5.94. The van der Waals surface area contributed by atoms with Crippen LogP contribution >= 0.6 is 0 Å². The molecule has 6 N–H and O–H groups in total. The predicted octanol–water partition coefficient (Wildman–Crippen LogP) is -1.37. The van der Waals surface area contributed by atoms with E-state index in [9.17, 15) is 9.90 Å². The minimum Gasteiger partial charge on any atom is -0.491 e. The Hall–Kier alpha value is -2.32. The van der Waals surface area contributed by atoms with Crippen LogP contribution in [0.25, 0.3) is 0 Å². The zero-order valence-electron chi connectivity index (χ0n) is 10.7. The monoisotopic (exact) mass is 283 g/mol. The van der Waals surface area contributed by atoms with E-state index in [4.69, 9.17) is 20.8 Å². The van der Waals surface area contributed by atoms with Crippen molar-refractivity contribution in [1.82, 2.24) is 5.32 Å². The van der Waals surface area contributed by atoms with Crippen LogP contribution in [0.2, 0.25) is 0 Å². The normalized spacial score (nSPS) is 12.8. The Morgan fingerprint density at radius 2 is 2.05 bits per heavy atom. The van der Waals surface area contributed by atoms with Crippen LogP contribution in [0.3, 0.4) is 0 Å². The van der Waals surface area contributed by atoms with E-state index < -0.39 is 18.6 Å². The maximum absolute atomic E-state index is 10.8. The van der Waals surface area contributed by atoms with E-state index in [0.717, 1.165) is 0 Å². The van der Waals surface area contributed by atoms with Crippen LogP contribution in [0.1, 0.15) is 5.56 Å². The van der Waals surface area contributed by atoms with Gasteiger partial charge in [0.05, 0.1) is 0 Å². The van der Waals surface area contributed by atoms with Crippen LogP contribution in [-0.2, 0) is 4.79 Å². The number of nitrogens with zero attached hydrogens (tertiary/aromatic N) is 1. The van der Waals surface area contributed by atoms with Gasteiger partial charge in [0, 0.05) is 12.1 Å². The molecule has 0 aliphatic heterocycles. The number of rotatable bonds is 7. The van der Waals surface area contributed by atoms with Crippen LogP contribution in [0.4, 0.5) is 0 Å². The van der Waals surface area contributed by atoms with Gasteiger partial charge in [0.15, 0.2) is 5.84 Å². The van der Waals surface area contributed by atoms with E-state index in [2.05, 4.69) is 10.5 Å². The molecule has 0 spiro atoms. The van der Waals surface area contributed by atoms with E-state index in [0.29, 0.717) is 11.3 Å². The summed E-state index contributed by atoms with van der Waals surface area (Å²) in [5, 5.41) is 31.7. The van der Waals surface area contributed by atoms with E-state index in [1.807, 2.05) is 0 Å². The van der Waals surface area contributed by atoms with Crippen LogP contribution in [0, 0.1) is 0 Å². The molecule has 1 aromatic carbocycles. The van der Waals surface area contributed by atoms with Crippen LogP contribution in [-0.4, -0.2) is 53.0 Å². The van der Waals surface area contributed by atoms with Crippen molar-refractivity contribution in [3.63, 3.8) is 0 Å². The molecule has 0 heterocycles. The minimum atomic E-state index is -0.894. The zero-order chi connectivity index (χ0) is 15.0. The lowest BCUT2D eigenvalue weighted by Crippen LogP contribution is -2.36. The number of aliphatic hydroxyl groups is 2. The fraction of sp³-hybridized carbons (Fsp3) is 0.333. The molecule has 0 bridgehead atoms. The summed E-state index contributed by atoms with van der Waals surface area (Å²) in [4.78, 5) is 10.8. The number of benzene rings is 1. The molecule has 0 fully saturated rings. The number of hydrogen-bond donors (Lipinski definition) is 5. The number of amides is 1. The third-order valence-corrected chi connectivity index (χ3v) is 2.38. The number of aliphatic hydroxyl groups excluding tert-OH is 2. The van der Waals surface area contributed by atoms with Crippen molar-refractivity contribution in [3.8, 4) is 5.75 Å². The summed E-state index contributed by atoms with van der Waals surface area (Å²) >= 11 is 0. The molecule has 110 valence electrons. The molecule has 0 aromatic heterocycles. The standard InChI is InChI=1S/C12H17N3O5/c13-12(15-19)8-1-3-10(4-2-8)20-7-9(17)5-14-11(18)6-16/h1-4,9,16-17,19H,5-7H2,(H2,13,15)(H,14,18)/t9-/m0/s1. The van der Waals surface area contributed by atoms with E-state index in [1.165, 1.54) is 0 Å². The molecule has 0 saturated carbocycles. The van der Waals surface area contributed by atoms with Gasteiger partial charge in [-0.1, -0.05) is 5.16 Å². The molecule has 1 aromatic rings. The van der Waals surface area contributed by atoms with Crippen molar-refractivity contribution in [1.29, 1.82) is 0 Å². The molecule has 1 rings (SSSR count). The number of carbonyl (C=O) groups is 1. The molecule has 0 unspecified atom stereocenters. The Morgan fingerprint density at radius 1 is 1.40 bits per heavy atom. The van der Waals surface area contributed by atoms with Gasteiger partial charge in [0.25, 0.3) is 0 Å². The summed E-state index contributed by atoms with van der Waals surface area (Å²) in [6.07, 6.45) is -0.894. The second-order valence-electron chi connectivity index (χ2n) is 3.94. The van der Waals surface area contributed by atoms with E-state index >= 15 is 0 Å². The first kappa shape index (κ1) is 15.7. The minimum absolute atomic E-state index is 0.0108. The average molecular weight is 283 g/mol. The molecule has 20 heavy (non-hydrogen) atoms. The Labute approximate surface area is 115 Å². The highest BCUT2D eigenvalue weighted by Crippen LogP contribution is 2.12. The summed E-state index contributed by atoms with van der Waals surface area (Å²) < 4.78 is 5.30. The largest absolute Gasteiger partial charge is 0.491 e. The van der Waals surface area contributed by atoms with Crippen molar-refractivity contribution < 1.29 is 25.0 Å². The number of amidine groups is 1. The average Bonchev–Trinajstić information content (AvgIpc) is 2.50. The van der Waals surface area contributed by atoms with Gasteiger partial charge < -0.3 is 31.2 Å². The number of oxime groups is 1. The highest BCUT2D eigenvalue weighted by molar-refractivity contribution is 5.97. The van der Waals surface area contributed by atoms with Gasteiger partial charge in [-0.05, 0) is 24.3 Å². The van der Waals surface area contributed by atoms with E-state index in [-0.39, 0.29) is 19.0 Å². The van der Waals surface area contributed by atoms with Crippen molar-refractivity contribution in [2.24, 2.45) is 10.9 Å². The highest BCUT2D eigenvalue weighted by Gasteiger charge is 2.07. The van der Waals surface area contributed by atoms with E-state index in [1.54, 1.807) is 24.3 Å². The molecule has 1 amide bonds. The van der Waals surface area contributed by atoms with Crippen LogP contribution in [0.5, 0.6) is 5.75 Å². The Morgan fingerprint density at radius 3 is 2.60 bits per heavy atom. The molecule has 0 radical (unpaired) electrons. The number of nitrogens with one attached hydrogen (secondary N) is 1. The first-order chi connectivity index (χ1) is 9.56. The SMILES string of the molecule is N/C(=N\O)c1ccc(OC[C@@H](O)CNC(=O)CO)cc1. The fourth-order valence-corrected chi connectivity index (χ4v) is 1.32. The van der Waals surface area contributed by atoms with Gasteiger partial charge in [-0.15, -0.1) is 0 Å². The predicted molar refractivity (Wildman–Crippen MR) is 70.6 cm³/mol. The number of nitrogens with two attached hydrogens (primary N) is 1. The smallest absolute Gasteiger partial charge is 0.245 e. The molecular formula is C12H17N3O5. The second kappa shape index (κ2) is 7.97. The van der Waals surface area contributed by atoms with Gasteiger partial charge >= 0.3 is 0 Å². The quantitative estimate of drug-likeness (QED) is 0.181. The fourth-order valence-electron chi connectivity index (χ4n) is 1.32. The first-order valence-corrected chi connectivity index (χ1v) is 5.83. The lowest BCUT2D eigenvalue weighted by molar-refractivity contribution is -0.124. The van der Waals surface area contributed by atoms with Gasteiger partial charge in [0.1, 0.15) is 25.1 Å². The van der Waals surface area contributed by atoms with Crippen LogP contribution in [0.15, 0.2) is 29.4 Å². The first-order valence-electron chi connectivity index (χ1n) is 5.83. The van der Waals surface area contributed by atoms with Crippen molar-refractivity contribution >= 4 is 11.7 Å². The maximum atomic E-state index is 10.8. The third-order valence-electron chi connectivity index (χ3n) is 2.38. The Balaban J connectivity index is 2.40. The lowest BCUT2D eigenvalue weighted by atomic mass is 10.2. The zero-order valence-corrected chi connectivity index (χ0v) is 10.7. The summed E-state index contributed by atoms with van der Waals surface area (Å²) in [6.45, 7) is -0.654. The summed E-state index contributed by atoms with van der Waals surface area (Å²) in [6, 6.07) is 6.41. The van der Waals surface area contributed by atoms with Gasteiger partial charge in [-0.3, -0.25) is 4.79 Å². The molecule has 1 atom stereocenters. The molecular weight excluding hydrogens is 266 g/mol. The van der Waals surface area contributed by atoms with Gasteiger partial charge in [0.2, 0.25) is 5.91 Å². The Bertz CT molecular complexity index is 461. The Kier molecular flexibility index (Phi) is 6.27. The van der Waals surface area contributed by atoms with Gasteiger partial charge in [-0.2, -0.15) is 0 Å². The topological polar surface area (TPSA) is 137 Å². The van der Waals surface area contributed by atoms with Crippen molar-refractivity contribution in [3.05, 3.63) is 29.8 Å². The maximum Gasteiger partial charge on any atom is 0.245 e. The second-order valence-corrected chi connectivity index (χ2v) is 3.94. The number of carbonyl (C=O) groups excluding carboxylic acids is 1. The lowest BCUT2D eigenvalue weighted by Gasteiger charge is -2.13. The highest BCUT2D eigenvalue weighted by atomic mass is 16.5. The van der Waals surface area contributed by atoms with Crippen molar-refractivity contribution in [2.45, 2.75) is 6.10 Å². The summed E-state index contributed by atoms with van der Waals surface area (Å²) in [7, 11) is 0.